The number of rotatable bonds is 5. The number of nitrogens with zero attached hydrogens (tertiary/aromatic N) is 4. The molecule has 0 radical (unpaired) electrons. The number of methoxy groups -OCH3 is 1. The first-order chi connectivity index (χ1) is 10.5. The van der Waals surface area contributed by atoms with E-state index < -0.39 is 0 Å². The number of piperidine rings is 1. The molecule has 0 unspecified atom stereocenters. The Morgan fingerprint density at radius 2 is 2.09 bits per heavy atom. The first-order valence-electron chi connectivity index (χ1n) is 7.56. The molecule has 0 aliphatic carbocycles. The third-order valence-corrected chi connectivity index (χ3v) is 3.76. The quantitative estimate of drug-likeness (QED) is 0.810. The van der Waals surface area contributed by atoms with E-state index in [-0.39, 0.29) is 5.97 Å². The number of ether oxygens (including phenoxy) is 1. The standard InChI is InChI=1S/C15H25N5O2/c1-11-9-13(18-15(16-11)19(2)3)17-12-5-7-20(8-6-12)10-14(21)22-4/h9,12H,5-8,10H2,1-4H3,(H,16,17,18). The van der Waals surface area contributed by atoms with Crippen LogP contribution < -0.4 is 10.2 Å². The summed E-state index contributed by atoms with van der Waals surface area (Å²) in [7, 11) is 5.30. The zero-order chi connectivity index (χ0) is 16.1. The van der Waals surface area contributed by atoms with Crippen molar-refractivity contribution < 1.29 is 9.53 Å². The Labute approximate surface area is 131 Å². The van der Waals surface area contributed by atoms with Crippen molar-refractivity contribution >= 4 is 17.7 Å². The van der Waals surface area contributed by atoms with Gasteiger partial charge in [0.2, 0.25) is 5.95 Å². The molecule has 122 valence electrons. The lowest BCUT2D eigenvalue weighted by Gasteiger charge is -2.31. The van der Waals surface area contributed by atoms with Crippen molar-refractivity contribution in [3.05, 3.63) is 11.8 Å². The molecule has 22 heavy (non-hydrogen) atoms. The van der Waals surface area contributed by atoms with Gasteiger partial charge in [-0.2, -0.15) is 4.98 Å². The molecule has 1 aromatic heterocycles. The van der Waals surface area contributed by atoms with Crippen molar-refractivity contribution in [3.63, 3.8) is 0 Å². The van der Waals surface area contributed by atoms with Crippen LogP contribution in [0.1, 0.15) is 18.5 Å². The number of carbonyl (C=O) groups is 1. The van der Waals surface area contributed by atoms with Gasteiger partial charge in [-0.3, -0.25) is 9.69 Å². The monoisotopic (exact) mass is 307 g/mol. The molecule has 0 aromatic carbocycles. The summed E-state index contributed by atoms with van der Waals surface area (Å²) in [5, 5.41) is 3.48. The number of nitrogens with one attached hydrogen (secondary N) is 1. The number of anilines is 2. The largest absolute Gasteiger partial charge is 0.468 e. The summed E-state index contributed by atoms with van der Waals surface area (Å²) in [5.74, 6) is 1.40. The van der Waals surface area contributed by atoms with Crippen molar-refractivity contribution in [2.24, 2.45) is 0 Å². The Balaban J connectivity index is 1.89. The average Bonchev–Trinajstić information content (AvgIpc) is 2.48. The Hall–Kier alpha value is -1.89. The second-order valence-corrected chi connectivity index (χ2v) is 5.86. The first-order valence-corrected chi connectivity index (χ1v) is 7.56. The minimum absolute atomic E-state index is 0.173. The Kier molecular flexibility index (Phi) is 5.54. The van der Waals surface area contributed by atoms with Crippen LogP contribution in [0.4, 0.5) is 11.8 Å². The summed E-state index contributed by atoms with van der Waals surface area (Å²) >= 11 is 0. The smallest absolute Gasteiger partial charge is 0.319 e. The summed E-state index contributed by atoms with van der Waals surface area (Å²) in [4.78, 5) is 24.2. The van der Waals surface area contributed by atoms with Gasteiger partial charge in [0.05, 0.1) is 13.7 Å². The van der Waals surface area contributed by atoms with Crippen molar-refractivity contribution in [2.45, 2.75) is 25.8 Å². The van der Waals surface area contributed by atoms with Crippen molar-refractivity contribution in [1.29, 1.82) is 0 Å². The fourth-order valence-electron chi connectivity index (χ4n) is 2.52. The van der Waals surface area contributed by atoms with E-state index in [1.165, 1.54) is 7.11 Å². The van der Waals surface area contributed by atoms with Gasteiger partial charge in [-0.15, -0.1) is 0 Å². The van der Waals surface area contributed by atoms with Crippen LogP contribution >= 0.6 is 0 Å². The number of carbonyl (C=O) groups excluding carboxylic acids is 1. The van der Waals surface area contributed by atoms with E-state index in [2.05, 4.69) is 20.2 Å². The number of hydrogen-bond acceptors (Lipinski definition) is 7. The lowest BCUT2D eigenvalue weighted by molar-refractivity contribution is -0.142. The topological polar surface area (TPSA) is 70.6 Å². The Bertz CT molecular complexity index is 513. The zero-order valence-electron chi connectivity index (χ0n) is 13.8. The molecule has 1 aliphatic rings. The fourth-order valence-corrected chi connectivity index (χ4v) is 2.52. The lowest BCUT2D eigenvalue weighted by atomic mass is 10.1. The molecular formula is C15H25N5O2. The summed E-state index contributed by atoms with van der Waals surface area (Å²) in [5.41, 5.74) is 0.948. The van der Waals surface area contributed by atoms with Crippen LogP contribution in [0.25, 0.3) is 0 Å². The van der Waals surface area contributed by atoms with Crippen LogP contribution in [0.3, 0.4) is 0 Å². The van der Waals surface area contributed by atoms with Gasteiger partial charge in [0, 0.05) is 45.0 Å². The van der Waals surface area contributed by atoms with Gasteiger partial charge in [0.15, 0.2) is 0 Å². The number of esters is 1. The molecule has 0 spiro atoms. The van der Waals surface area contributed by atoms with E-state index in [9.17, 15) is 4.79 Å². The summed E-state index contributed by atoms with van der Waals surface area (Å²) in [6.45, 7) is 4.12. The maximum absolute atomic E-state index is 11.3. The summed E-state index contributed by atoms with van der Waals surface area (Å²) < 4.78 is 4.71. The number of hydrogen-bond donors (Lipinski definition) is 1. The Morgan fingerprint density at radius 3 is 2.68 bits per heavy atom. The molecule has 2 rings (SSSR count). The average molecular weight is 307 g/mol. The van der Waals surface area contributed by atoms with Crippen molar-refractivity contribution in [3.8, 4) is 0 Å². The lowest BCUT2D eigenvalue weighted by Crippen LogP contribution is -2.41. The van der Waals surface area contributed by atoms with Crippen LogP contribution in [-0.4, -0.2) is 67.7 Å². The second-order valence-electron chi connectivity index (χ2n) is 5.86. The van der Waals surface area contributed by atoms with Crippen molar-refractivity contribution in [2.75, 3.05) is 51.1 Å². The van der Waals surface area contributed by atoms with Crippen LogP contribution in [0, 0.1) is 6.92 Å². The molecule has 7 heteroatoms. The highest BCUT2D eigenvalue weighted by Crippen LogP contribution is 2.17. The van der Waals surface area contributed by atoms with E-state index in [4.69, 9.17) is 4.74 Å². The third kappa shape index (κ3) is 4.56. The molecule has 1 N–H and O–H groups in total. The molecule has 1 aliphatic heterocycles. The predicted molar refractivity (Wildman–Crippen MR) is 86.2 cm³/mol. The molecule has 1 fully saturated rings. The highest BCUT2D eigenvalue weighted by atomic mass is 16.5. The molecule has 0 saturated carbocycles. The molecular weight excluding hydrogens is 282 g/mol. The first kappa shape index (κ1) is 16.5. The van der Waals surface area contributed by atoms with Gasteiger partial charge in [-0.25, -0.2) is 4.98 Å². The van der Waals surface area contributed by atoms with E-state index in [1.54, 1.807) is 0 Å². The van der Waals surface area contributed by atoms with Gasteiger partial charge in [-0.1, -0.05) is 0 Å². The van der Waals surface area contributed by atoms with Gasteiger partial charge < -0.3 is 15.0 Å². The highest BCUT2D eigenvalue weighted by molar-refractivity contribution is 5.71. The van der Waals surface area contributed by atoms with Crippen LogP contribution in [0.5, 0.6) is 0 Å². The number of aryl methyl sites for hydroxylation is 1. The maximum atomic E-state index is 11.3. The van der Waals surface area contributed by atoms with Gasteiger partial charge in [0.1, 0.15) is 5.82 Å². The minimum atomic E-state index is -0.173. The molecule has 0 bridgehead atoms. The third-order valence-electron chi connectivity index (χ3n) is 3.76. The van der Waals surface area contributed by atoms with Crippen LogP contribution in [0.15, 0.2) is 6.07 Å². The molecule has 0 amide bonds. The molecule has 0 atom stereocenters. The number of likely N-dealkylation sites (tertiary alicyclic amines) is 1. The molecule has 7 nitrogen and oxygen atoms in total. The minimum Gasteiger partial charge on any atom is -0.468 e. The van der Waals surface area contributed by atoms with E-state index in [0.29, 0.717) is 18.5 Å². The van der Waals surface area contributed by atoms with E-state index in [1.807, 2.05) is 32.0 Å². The Morgan fingerprint density at radius 1 is 1.41 bits per heavy atom. The SMILES string of the molecule is COC(=O)CN1CCC(Nc2cc(C)nc(N(C)C)n2)CC1. The zero-order valence-corrected chi connectivity index (χ0v) is 13.8. The van der Waals surface area contributed by atoms with E-state index >= 15 is 0 Å². The fraction of sp³-hybridized carbons (Fsp3) is 0.667. The van der Waals surface area contributed by atoms with Gasteiger partial charge in [0.25, 0.3) is 0 Å². The van der Waals surface area contributed by atoms with Gasteiger partial charge >= 0.3 is 5.97 Å². The van der Waals surface area contributed by atoms with E-state index in [0.717, 1.165) is 37.4 Å². The molecule has 1 saturated heterocycles. The van der Waals surface area contributed by atoms with Crippen molar-refractivity contribution in [1.82, 2.24) is 14.9 Å². The molecule has 2 heterocycles. The summed E-state index contributed by atoms with van der Waals surface area (Å²) in [6.07, 6.45) is 1.97. The van der Waals surface area contributed by atoms with Gasteiger partial charge in [-0.05, 0) is 19.8 Å². The second kappa shape index (κ2) is 7.40. The normalized spacial score (nSPS) is 16.4. The van der Waals surface area contributed by atoms with Crippen LogP contribution in [-0.2, 0) is 9.53 Å². The highest BCUT2D eigenvalue weighted by Gasteiger charge is 2.21. The summed E-state index contributed by atoms with van der Waals surface area (Å²) in [6, 6.07) is 2.34. The molecule has 1 aromatic rings. The number of aromatic nitrogens is 2. The predicted octanol–water partition coefficient (Wildman–Crippen LogP) is 0.900. The maximum Gasteiger partial charge on any atom is 0.319 e. The van der Waals surface area contributed by atoms with Crippen LogP contribution in [0.2, 0.25) is 0 Å².